The van der Waals surface area contributed by atoms with Crippen LogP contribution in [0.4, 0.5) is 0 Å². The third kappa shape index (κ3) is 5.12. The van der Waals surface area contributed by atoms with E-state index in [1.165, 1.54) is 21.8 Å². The molecule has 1 saturated heterocycles. The number of fused-ring (bicyclic) bond motifs is 1. The molecule has 6 rings (SSSR count). The third-order valence-corrected chi connectivity index (χ3v) is 8.66. The van der Waals surface area contributed by atoms with Crippen LogP contribution in [0.3, 0.4) is 0 Å². The van der Waals surface area contributed by atoms with E-state index in [9.17, 15) is 19.5 Å². The molecule has 10 heteroatoms. The van der Waals surface area contributed by atoms with Crippen molar-refractivity contribution in [3.63, 3.8) is 0 Å². The fourth-order valence-corrected chi connectivity index (χ4v) is 6.53. The largest absolute Gasteiger partial charge is 0.506 e. The molecule has 2 N–H and O–H groups in total. The number of rotatable bonds is 7. The van der Waals surface area contributed by atoms with Gasteiger partial charge in [-0.2, -0.15) is 5.10 Å². The first-order valence-electron chi connectivity index (χ1n) is 13.2. The second kappa shape index (κ2) is 11.2. The van der Waals surface area contributed by atoms with Crippen LogP contribution in [0.25, 0.3) is 5.76 Å². The number of amides is 2. The summed E-state index contributed by atoms with van der Waals surface area (Å²) in [4.78, 5) is 39.5. The Morgan fingerprint density at radius 1 is 1.02 bits per heavy atom. The summed E-state index contributed by atoms with van der Waals surface area (Å²) in [5.41, 5.74) is 6.62. The lowest BCUT2D eigenvalue weighted by Gasteiger charge is -2.27. The van der Waals surface area contributed by atoms with Crippen molar-refractivity contribution in [1.82, 2.24) is 15.4 Å². The van der Waals surface area contributed by atoms with Crippen LogP contribution in [0.2, 0.25) is 0 Å². The van der Waals surface area contributed by atoms with Crippen LogP contribution in [0.1, 0.15) is 40.1 Å². The van der Waals surface area contributed by atoms with E-state index >= 15 is 0 Å². The molecular weight excluding hydrogens is 540 g/mol. The van der Waals surface area contributed by atoms with E-state index < -0.39 is 6.04 Å². The third-order valence-electron chi connectivity index (χ3n) is 7.45. The minimum absolute atomic E-state index is 0.115. The number of carbonyl (C=O) groups is 3. The fraction of sp³-hybridized carbons (Fsp3) is 0.226. The summed E-state index contributed by atoms with van der Waals surface area (Å²) in [5.74, 6) is 0.117. The number of methoxy groups -OCH3 is 1. The van der Waals surface area contributed by atoms with Gasteiger partial charge >= 0.3 is 0 Å². The van der Waals surface area contributed by atoms with Crippen LogP contribution in [-0.4, -0.2) is 57.8 Å². The number of ketones is 1. The molecule has 208 valence electrons. The van der Waals surface area contributed by atoms with Crippen LogP contribution in [-0.2, 0) is 20.8 Å². The molecule has 3 aliphatic rings. The molecule has 2 heterocycles. The van der Waals surface area contributed by atoms with Crippen LogP contribution in [0.5, 0.6) is 5.75 Å². The number of hydrogen-bond acceptors (Lipinski definition) is 8. The van der Waals surface area contributed by atoms with Gasteiger partial charge in [0, 0.05) is 18.4 Å². The van der Waals surface area contributed by atoms with E-state index in [0.717, 1.165) is 16.7 Å². The number of nitrogens with one attached hydrogen (secondary N) is 1. The van der Waals surface area contributed by atoms with Gasteiger partial charge in [0.25, 0.3) is 5.91 Å². The highest BCUT2D eigenvalue weighted by atomic mass is 32.2. The summed E-state index contributed by atoms with van der Waals surface area (Å²) in [7, 11) is 1.58. The highest BCUT2D eigenvalue weighted by Gasteiger charge is 2.39. The van der Waals surface area contributed by atoms with Crippen LogP contribution in [0, 0.1) is 0 Å². The maximum absolute atomic E-state index is 13.7. The summed E-state index contributed by atoms with van der Waals surface area (Å²) in [6, 6.07) is 23.7. The average Bonchev–Trinajstić information content (AvgIpc) is 3.60. The molecule has 9 nitrogen and oxygen atoms in total. The van der Waals surface area contributed by atoms with Crippen LogP contribution in [0.15, 0.2) is 89.5 Å². The zero-order chi connectivity index (χ0) is 28.5. The molecule has 41 heavy (non-hydrogen) atoms. The van der Waals surface area contributed by atoms with Crippen LogP contribution < -0.4 is 10.2 Å². The first-order chi connectivity index (χ1) is 19.9. The van der Waals surface area contributed by atoms with E-state index in [-0.39, 0.29) is 53.7 Å². The Labute approximate surface area is 241 Å². The van der Waals surface area contributed by atoms with Crippen molar-refractivity contribution in [1.29, 1.82) is 0 Å². The lowest BCUT2D eigenvalue weighted by atomic mass is 9.85. The van der Waals surface area contributed by atoms with E-state index in [1.54, 1.807) is 31.4 Å². The number of ether oxygens (including phenoxy) is 1. The number of hydrogen-bond donors (Lipinski definition) is 2. The Morgan fingerprint density at radius 3 is 2.51 bits per heavy atom. The van der Waals surface area contributed by atoms with Gasteiger partial charge in [0.2, 0.25) is 5.91 Å². The molecule has 2 unspecified atom stereocenters. The monoisotopic (exact) mass is 568 g/mol. The molecule has 0 radical (unpaired) electrons. The Kier molecular flexibility index (Phi) is 7.34. The van der Waals surface area contributed by atoms with Gasteiger partial charge in [-0.1, -0.05) is 66.7 Å². The average molecular weight is 569 g/mol. The minimum Gasteiger partial charge on any atom is -0.506 e. The molecule has 0 bridgehead atoms. The zero-order valence-corrected chi connectivity index (χ0v) is 23.1. The van der Waals surface area contributed by atoms with E-state index in [0.29, 0.717) is 22.8 Å². The SMILES string of the molecule is COc1ccc(C2CC(C3=C(O)c4ccccc4CC3=O)=NN2C(=O)CNN2C(=O)CSC2c2ccccc2)cc1. The van der Waals surface area contributed by atoms with Crippen molar-refractivity contribution in [3.05, 3.63) is 107 Å². The molecule has 2 atom stereocenters. The number of nitrogens with zero attached hydrogens (tertiary/aromatic N) is 3. The molecule has 0 aromatic heterocycles. The van der Waals surface area contributed by atoms with Gasteiger partial charge < -0.3 is 9.84 Å². The number of aliphatic hydroxyl groups excluding tert-OH is 1. The van der Waals surface area contributed by atoms with Gasteiger partial charge in [-0.25, -0.2) is 10.4 Å². The summed E-state index contributed by atoms with van der Waals surface area (Å²) in [5, 5.41) is 18.3. The fourth-order valence-electron chi connectivity index (χ4n) is 5.40. The van der Waals surface area contributed by atoms with Gasteiger partial charge in [0.05, 0.1) is 36.7 Å². The topological polar surface area (TPSA) is 112 Å². The smallest absolute Gasteiger partial charge is 0.259 e. The van der Waals surface area contributed by atoms with E-state index in [4.69, 9.17) is 4.74 Å². The molecule has 1 fully saturated rings. The first-order valence-corrected chi connectivity index (χ1v) is 14.3. The standard InChI is InChI=1S/C31H28N4O5S/c1-40-22-13-11-19(12-14-22)25-16-24(29-26(36)15-21-9-5-6-10-23(21)30(29)39)33-34(25)27(37)17-32-35-28(38)18-41-31(35)20-7-3-2-4-8-20/h2-14,25,31-32,39H,15-18H2,1H3. The molecule has 2 amide bonds. The predicted molar refractivity (Wildman–Crippen MR) is 156 cm³/mol. The Hall–Kier alpha value is -4.41. The second-order valence-corrected chi connectivity index (χ2v) is 11.0. The normalized spacial score (nSPS) is 20.4. The van der Waals surface area contributed by atoms with E-state index in [1.807, 2.05) is 54.6 Å². The van der Waals surface area contributed by atoms with Crippen molar-refractivity contribution < 1.29 is 24.2 Å². The Bertz CT molecular complexity index is 1570. The molecule has 3 aromatic carbocycles. The summed E-state index contributed by atoms with van der Waals surface area (Å²) in [6.45, 7) is -0.180. The first kappa shape index (κ1) is 26.8. The lowest BCUT2D eigenvalue weighted by molar-refractivity contribution is -0.136. The molecule has 0 spiro atoms. The quantitative estimate of drug-likeness (QED) is 0.440. The van der Waals surface area contributed by atoms with Gasteiger partial charge in [0.15, 0.2) is 5.78 Å². The van der Waals surface area contributed by atoms with Crippen molar-refractivity contribution in [2.24, 2.45) is 5.10 Å². The molecule has 2 aliphatic heterocycles. The number of Topliss-reactive ketones (excluding diaryl/α,β-unsaturated/α-hetero) is 1. The predicted octanol–water partition coefficient (Wildman–Crippen LogP) is 4.20. The number of thioether (sulfide) groups is 1. The summed E-state index contributed by atoms with van der Waals surface area (Å²) >= 11 is 1.49. The number of hydrazone groups is 1. The zero-order valence-electron chi connectivity index (χ0n) is 22.3. The summed E-state index contributed by atoms with van der Waals surface area (Å²) in [6.07, 6.45) is 0.392. The number of aliphatic hydroxyl groups is 1. The number of allylic oxidation sites excluding steroid dienone is 1. The number of carbonyl (C=O) groups excluding carboxylic acids is 3. The van der Waals surface area contributed by atoms with Crippen LogP contribution >= 0.6 is 11.8 Å². The maximum Gasteiger partial charge on any atom is 0.259 e. The lowest BCUT2D eigenvalue weighted by Crippen LogP contribution is -2.46. The number of benzene rings is 3. The highest BCUT2D eigenvalue weighted by Crippen LogP contribution is 2.39. The Morgan fingerprint density at radius 2 is 1.76 bits per heavy atom. The second-order valence-electron chi connectivity index (χ2n) is 9.93. The Balaban J connectivity index is 1.29. The van der Waals surface area contributed by atoms with Crippen molar-refractivity contribution in [2.75, 3.05) is 19.4 Å². The van der Waals surface area contributed by atoms with Crippen molar-refractivity contribution in [3.8, 4) is 5.75 Å². The van der Waals surface area contributed by atoms with Gasteiger partial charge in [-0.3, -0.25) is 19.4 Å². The maximum atomic E-state index is 13.7. The highest BCUT2D eigenvalue weighted by molar-refractivity contribution is 8.00. The molecular formula is C31H28N4O5S. The minimum atomic E-state index is -0.510. The molecule has 3 aromatic rings. The number of hydrazine groups is 1. The van der Waals surface area contributed by atoms with E-state index in [2.05, 4.69) is 10.5 Å². The van der Waals surface area contributed by atoms with Gasteiger partial charge in [-0.05, 0) is 28.8 Å². The van der Waals surface area contributed by atoms with Crippen molar-refractivity contribution >= 4 is 40.8 Å². The molecule has 0 saturated carbocycles. The summed E-state index contributed by atoms with van der Waals surface area (Å²) < 4.78 is 5.29. The molecule has 1 aliphatic carbocycles. The van der Waals surface area contributed by atoms with Gasteiger partial charge in [0.1, 0.15) is 16.9 Å². The van der Waals surface area contributed by atoms with Gasteiger partial charge in [-0.15, -0.1) is 11.8 Å². The van der Waals surface area contributed by atoms with Crippen molar-refractivity contribution in [2.45, 2.75) is 24.3 Å².